The molecule has 0 saturated heterocycles. The fraction of sp³-hybridized carbons (Fsp3) is 0.500. The third-order valence-electron chi connectivity index (χ3n) is 2.01. The van der Waals surface area contributed by atoms with Crippen molar-refractivity contribution in [3.63, 3.8) is 0 Å². The summed E-state index contributed by atoms with van der Waals surface area (Å²) < 4.78 is 0. The van der Waals surface area contributed by atoms with Crippen molar-refractivity contribution in [2.75, 3.05) is 29.5 Å². The van der Waals surface area contributed by atoms with Gasteiger partial charge >= 0.3 is 0 Å². The molecule has 0 aliphatic heterocycles. The Kier molecular flexibility index (Phi) is 4.08. The van der Waals surface area contributed by atoms with Crippen molar-refractivity contribution in [3.8, 4) is 0 Å². The average Bonchev–Trinajstić information content (AvgIpc) is 2.13. The number of nitrogens with zero attached hydrogens (tertiary/aromatic N) is 3. The Morgan fingerprint density at radius 1 is 1.41 bits per heavy atom. The zero-order valence-corrected chi connectivity index (χ0v) is 10.1. The van der Waals surface area contributed by atoms with Gasteiger partial charge in [-0.25, -0.2) is 0 Å². The lowest BCUT2D eigenvalue weighted by Crippen LogP contribution is -2.37. The van der Waals surface area contributed by atoms with Gasteiger partial charge in [0.05, 0.1) is 6.54 Å². The average molecular weight is 238 g/mol. The van der Waals surface area contributed by atoms with Crippen LogP contribution in [0.25, 0.3) is 0 Å². The Hall–Kier alpha value is -2.05. The molecule has 1 aromatic rings. The van der Waals surface area contributed by atoms with E-state index >= 15 is 0 Å². The second-order valence-corrected chi connectivity index (χ2v) is 4.25. The van der Waals surface area contributed by atoms with E-state index in [0.29, 0.717) is 18.3 Å². The van der Waals surface area contributed by atoms with Crippen molar-refractivity contribution in [1.29, 1.82) is 0 Å². The predicted octanol–water partition coefficient (Wildman–Crippen LogP) is -0.411. The summed E-state index contributed by atoms with van der Waals surface area (Å²) in [5.74, 6) is 0.791. The zero-order chi connectivity index (χ0) is 13.0. The monoisotopic (exact) mass is 238 g/mol. The number of hydrogen-bond acceptors (Lipinski definition) is 6. The molecule has 0 unspecified atom stereocenters. The van der Waals surface area contributed by atoms with Gasteiger partial charge in [-0.3, -0.25) is 4.79 Å². The summed E-state index contributed by atoms with van der Waals surface area (Å²) in [6.07, 6.45) is 0. The first-order valence-electron chi connectivity index (χ1n) is 5.31. The van der Waals surface area contributed by atoms with Crippen LogP contribution in [-0.2, 0) is 4.79 Å². The number of nitrogens with two attached hydrogens (primary N) is 3. The van der Waals surface area contributed by atoms with E-state index in [4.69, 9.17) is 17.2 Å². The smallest absolute Gasteiger partial charge is 0.236 e. The SMILES string of the molecule is CC(C)CN(CC(N)=O)c1cc(N)nc(N)n1. The first kappa shape index (κ1) is 13.0. The van der Waals surface area contributed by atoms with Crippen LogP contribution in [-0.4, -0.2) is 29.0 Å². The molecular formula is C10H18N6O. The number of carbonyl (C=O) groups is 1. The Morgan fingerprint density at radius 2 is 2.06 bits per heavy atom. The number of aromatic nitrogens is 2. The van der Waals surface area contributed by atoms with Crippen LogP contribution in [0.3, 0.4) is 0 Å². The second-order valence-electron chi connectivity index (χ2n) is 4.25. The number of nitrogen functional groups attached to an aromatic ring is 2. The second kappa shape index (κ2) is 5.33. The molecule has 1 rings (SSSR count). The van der Waals surface area contributed by atoms with Crippen LogP contribution in [0.5, 0.6) is 0 Å². The third-order valence-corrected chi connectivity index (χ3v) is 2.01. The summed E-state index contributed by atoms with van der Waals surface area (Å²) >= 11 is 0. The van der Waals surface area contributed by atoms with Crippen LogP contribution < -0.4 is 22.1 Å². The summed E-state index contributed by atoms with van der Waals surface area (Å²) in [4.78, 5) is 20.6. The molecule has 0 atom stereocenters. The first-order valence-corrected chi connectivity index (χ1v) is 5.31. The Labute approximate surface area is 100 Å². The fourth-order valence-corrected chi connectivity index (χ4v) is 1.50. The lowest BCUT2D eigenvalue weighted by atomic mass is 10.2. The molecule has 94 valence electrons. The van der Waals surface area contributed by atoms with Crippen LogP contribution in [0.2, 0.25) is 0 Å². The van der Waals surface area contributed by atoms with E-state index in [1.165, 1.54) is 0 Å². The normalized spacial score (nSPS) is 10.5. The molecule has 0 spiro atoms. The van der Waals surface area contributed by atoms with Gasteiger partial charge in [0.1, 0.15) is 11.6 Å². The van der Waals surface area contributed by atoms with Crippen molar-refractivity contribution in [2.24, 2.45) is 11.7 Å². The molecule has 6 N–H and O–H groups in total. The Balaban J connectivity index is 2.98. The van der Waals surface area contributed by atoms with Crippen molar-refractivity contribution < 1.29 is 4.79 Å². The summed E-state index contributed by atoms with van der Waals surface area (Å²) in [7, 11) is 0. The molecule has 1 amide bonds. The van der Waals surface area contributed by atoms with Gasteiger partial charge < -0.3 is 22.1 Å². The Morgan fingerprint density at radius 3 is 2.53 bits per heavy atom. The summed E-state index contributed by atoms with van der Waals surface area (Å²) in [5.41, 5.74) is 16.3. The van der Waals surface area contributed by atoms with Crippen molar-refractivity contribution >= 4 is 23.5 Å². The summed E-state index contributed by atoms with van der Waals surface area (Å²) in [5, 5.41) is 0. The maximum absolute atomic E-state index is 11.0. The quantitative estimate of drug-likeness (QED) is 0.640. The number of anilines is 3. The minimum absolute atomic E-state index is 0.0775. The molecule has 17 heavy (non-hydrogen) atoms. The number of rotatable bonds is 5. The standard InChI is InChI=1S/C10H18N6O/c1-6(2)4-16(5-8(12)17)9-3-7(11)14-10(13)15-9/h3,6H,4-5H2,1-2H3,(H2,12,17)(H4,11,13,14,15). The van der Waals surface area contributed by atoms with E-state index in [-0.39, 0.29) is 18.3 Å². The van der Waals surface area contributed by atoms with Crippen LogP contribution >= 0.6 is 0 Å². The largest absolute Gasteiger partial charge is 0.383 e. The highest BCUT2D eigenvalue weighted by Gasteiger charge is 2.14. The lowest BCUT2D eigenvalue weighted by Gasteiger charge is -2.24. The van der Waals surface area contributed by atoms with Crippen LogP contribution in [0.15, 0.2) is 6.07 Å². The minimum Gasteiger partial charge on any atom is -0.383 e. The molecule has 0 radical (unpaired) electrons. The highest BCUT2D eigenvalue weighted by Crippen LogP contribution is 2.16. The maximum Gasteiger partial charge on any atom is 0.236 e. The molecule has 0 aliphatic carbocycles. The predicted molar refractivity (Wildman–Crippen MR) is 67.1 cm³/mol. The van der Waals surface area contributed by atoms with Gasteiger partial charge in [-0.05, 0) is 5.92 Å². The summed E-state index contributed by atoms with van der Waals surface area (Å²) in [6, 6.07) is 1.57. The van der Waals surface area contributed by atoms with Crippen molar-refractivity contribution in [1.82, 2.24) is 9.97 Å². The highest BCUT2D eigenvalue weighted by molar-refractivity contribution is 5.79. The van der Waals surface area contributed by atoms with E-state index < -0.39 is 5.91 Å². The maximum atomic E-state index is 11.0. The number of amides is 1. The van der Waals surface area contributed by atoms with Crippen LogP contribution in [0, 0.1) is 5.92 Å². The molecule has 7 nitrogen and oxygen atoms in total. The molecule has 1 aromatic heterocycles. The zero-order valence-electron chi connectivity index (χ0n) is 10.1. The third kappa shape index (κ3) is 4.13. The van der Waals surface area contributed by atoms with Gasteiger partial charge in [0.2, 0.25) is 11.9 Å². The Bertz CT molecular complexity index is 386. The number of carbonyl (C=O) groups excluding carboxylic acids is 1. The molecule has 0 bridgehead atoms. The molecule has 0 saturated carbocycles. The van der Waals surface area contributed by atoms with E-state index in [9.17, 15) is 4.79 Å². The van der Waals surface area contributed by atoms with E-state index in [1.54, 1.807) is 11.0 Å². The first-order chi connectivity index (χ1) is 7.88. The number of hydrogen-bond donors (Lipinski definition) is 3. The van der Waals surface area contributed by atoms with Gasteiger partial charge in [0, 0.05) is 12.6 Å². The molecule has 0 aliphatic rings. The van der Waals surface area contributed by atoms with E-state index in [1.807, 2.05) is 13.8 Å². The number of primary amides is 1. The van der Waals surface area contributed by atoms with Crippen molar-refractivity contribution in [3.05, 3.63) is 6.07 Å². The topological polar surface area (TPSA) is 124 Å². The van der Waals surface area contributed by atoms with Crippen LogP contribution in [0.4, 0.5) is 17.6 Å². The van der Waals surface area contributed by atoms with Gasteiger partial charge in [-0.15, -0.1) is 0 Å². The molecule has 0 fully saturated rings. The minimum atomic E-state index is -0.429. The molecule has 0 aromatic carbocycles. The lowest BCUT2D eigenvalue weighted by molar-refractivity contribution is -0.116. The van der Waals surface area contributed by atoms with E-state index in [0.717, 1.165) is 0 Å². The summed E-state index contributed by atoms with van der Waals surface area (Å²) in [6.45, 7) is 4.77. The molecular weight excluding hydrogens is 220 g/mol. The van der Waals surface area contributed by atoms with Gasteiger partial charge in [0.25, 0.3) is 0 Å². The highest BCUT2D eigenvalue weighted by atomic mass is 16.1. The molecule has 7 heteroatoms. The van der Waals surface area contributed by atoms with Gasteiger partial charge in [-0.2, -0.15) is 9.97 Å². The van der Waals surface area contributed by atoms with Gasteiger partial charge in [0.15, 0.2) is 0 Å². The van der Waals surface area contributed by atoms with Crippen molar-refractivity contribution in [2.45, 2.75) is 13.8 Å². The van der Waals surface area contributed by atoms with Crippen LogP contribution in [0.1, 0.15) is 13.8 Å². The fourth-order valence-electron chi connectivity index (χ4n) is 1.50. The van der Waals surface area contributed by atoms with E-state index in [2.05, 4.69) is 9.97 Å². The molecule has 1 heterocycles. The van der Waals surface area contributed by atoms with Gasteiger partial charge in [-0.1, -0.05) is 13.8 Å².